The van der Waals surface area contributed by atoms with Crippen LogP contribution >= 0.6 is 11.3 Å². The number of carbonyl (C=O) groups excluding carboxylic acids is 2. The second-order valence-corrected chi connectivity index (χ2v) is 7.06. The van der Waals surface area contributed by atoms with Crippen molar-refractivity contribution in [3.05, 3.63) is 58.7 Å². The molecular formula is C20H14F4N2O5S. The number of rotatable bonds is 9. The van der Waals surface area contributed by atoms with Gasteiger partial charge in [-0.05, 0) is 31.2 Å². The summed E-state index contributed by atoms with van der Waals surface area (Å²) in [4.78, 5) is 33.4. The summed E-state index contributed by atoms with van der Waals surface area (Å²) >= 11 is 1.02. The lowest BCUT2D eigenvalue weighted by atomic mass is 10.1. The van der Waals surface area contributed by atoms with Crippen LogP contribution in [0.3, 0.4) is 0 Å². The summed E-state index contributed by atoms with van der Waals surface area (Å²) in [5.41, 5.74) is 0.522. The van der Waals surface area contributed by atoms with Gasteiger partial charge in [0.25, 0.3) is 0 Å². The number of pyridine rings is 1. The molecule has 0 bridgehead atoms. The van der Waals surface area contributed by atoms with Crippen molar-refractivity contribution >= 4 is 23.1 Å². The molecule has 0 radical (unpaired) electrons. The third-order valence-electron chi connectivity index (χ3n) is 3.90. The van der Waals surface area contributed by atoms with Gasteiger partial charge in [-0.2, -0.15) is 17.6 Å². The predicted octanol–water partition coefficient (Wildman–Crippen LogP) is 4.76. The lowest BCUT2D eigenvalue weighted by Crippen LogP contribution is -2.16. The van der Waals surface area contributed by atoms with Crippen LogP contribution in [0.4, 0.5) is 17.6 Å². The first-order chi connectivity index (χ1) is 15.2. The molecule has 0 amide bonds. The quantitative estimate of drug-likeness (QED) is 0.253. The number of Topliss-reactive ketones (excluding diaryl/α,β-unsaturated/α-hetero) is 1. The molecule has 0 fully saturated rings. The fourth-order valence-corrected chi connectivity index (χ4v) is 3.50. The number of esters is 1. The van der Waals surface area contributed by atoms with Crippen molar-refractivity contribution in [2.75, 3.05) is 6.61 Å². The van der Waals surface area contributed by atoms with Crippen molar-refractivity contribution in [1.82, 2.24) is 9.97 Å². The number of alkyl halides is 4. The number of hydrogen-bond acceptors (Lipinski definition) is 8. The topological polar surface area (TPSA) is 87.6 Å². The molecule has 2 heterocycles. The Hall–Kier alpha value is -3.54. The number of halogens is 4. The standard InChI is InChI=1S/C20H14F4N2O5S/c1-10-16(32-17(26-10)13-4-2-3-7-25-13)18(28)29-9-14(27)12-6-5-11(30-19(21)22)8-15(12)31-20(23)24/h2-8,19-20H,9H2,1H3. The zero-order chi connectivity index (χ0) is 23.3. The van der Waals surface area contributed by atoms with Gasteiger partial charge >= 0.3 is 19.2 Å². The van der Waals surface area contributed by atoms with E-state index in [0.717, 1.165) is 29.5 Å². The van der Waals surface area contributed by atoms with E-state index in [9.17, 15) is 27.2 Å². The molecule has 0 atom stereocenters. The Kier molecular flexibility index (Phi) is 7.36. The molecule has 0 aliphatic carbocycles. The second kappa shape index (κ2) is 10.2. The van der Waals surface area contributed by atoms with E-state index < -0.39 is 48.6 Å². The van der Waals surface area contributed by atoms with Gasteiger partial charge < -0.3 is 14.2 Å². The van der Waals surface area contributed by atoms with E-state index in [1.165, 1.54) is 0 Å². The highest BCUT2D eigenvalue weighted by Gasteiger charge is 2.22. The minimum absolute atomic E-state index is 0.142. The third-order valence-corrected chi connectivity index (χ3v) is 5.06. The first kappa shape index (κ1) is 23.1. The molecule has 2 aromatic heterocycles. The number of thiazole rings is 1. The average Bonchev–Trinajstić information content (AvgIpc) is 3.13. The summed E-state index contributed by atoms with van der Waals surface area (Å²) in [5.74, 6) is -2.90. The van der Waals surface area contributed by atoms with Crippen molar-refractivity contribution < 1.29 is 41.4 Å². The number of ether oxygens (including phenoxy) is 3. The van der Waals surface area contributed by atoms with Crippen LogP contribution in [0.15, 0.2) is 42.6 Å². The number of hydrogen-bond donors (Lipinski definition) is 0. The Labute approximate surface area is 182 Å². The number of aryl methyl sites for hydroxylation is 1. The van der Waals surface area contributed by atoms with E-state index in [-0.39, 0.29) is 4.88 Å². The Bertz CT molecular complexity index is 1110. The van der Waals surface area contributed by atoms with Gasteiger partial charge in [0.1, 0.15) is 21.4 Å². The van der Waals surface area contributed by atoms with Gasteiger partial charge in [-0.15, -0.1) is 11.3 Å². The highest BCUT2D eigenvalue weighted by atomic mass is 32.1. The monoisotopic (exact) mass is 470 g/mol. The van der Waals surface area contributed by atoms with Crippen molar-refractivity contribution in [3.63, 3.8) is 0 Å². The molecule has 0 aliphatic heterocycles. The number of aromatic nitrogens is 2. The molecule has 0 aliphatic rings. The normalized spacial score (nSPS) is 11.0. The molecule has 0 saturated heterocycles. The Balaban J connectivity index is 1.72. The molecule has 0 N–H and O–H groups in total. The van der Waals surface area contributed by atoms with Crippen LogP contribution in [0.25, 0.3) is 10.7 Å². The minimum Gasteiger partial charge on any atom is -0.453 e. The van der Waals surface area contributed by atoms with Gasteiger partial charge in [-0.3, -0.25) is 9.78 Å². The predicted molar refractivity (Wildman–Crippen MR) is 104 cm³/mol. The van der Waals surface area contributed by atoms with Gasteiger partial charge in [-0.25, -0.2) is 9.78 Å². The van der Waals surface area contributed by atoms with Gasteiger partial charge in [0, 0.05) is 12.3 Å². The zero-order valence-corrected chi connectivity index (χ0v) is 17.1. The van der Waals surface area contributed by atoms with E-state index in [2.05, 4.69) is 19.4 Å². The summed E-state index contributed by atoms with van der Waals surface area (Å²) in [6, 6.07) is 7.85. The fourth-order valence-electron chi connectivity index (χ4n) is 2.56. The van der Waals surface area contributed by atoms with Gasteiger partial charge in [0.2, 0.25) is 5.78 Å². The van der Waals surface area contributed by atoms with Crippen molar-refractivity contribution in [2.45, 2.75) is 20.1 Å². The lowest BCUT2D eigenvalue weighted by molar-refractivity contribution is -0.0545. The highest BCUT2D eigenvalue weighted by Crippen LogP contribution is 2.29. The maximum Gasteiger partial charge on any atom is 0.387 e. The molecule has 12 heteroatoms. The molecule has 168 valence electrons. The van der Waals surface area contributed by atoms with Crippen LogP contribution in [0, 0.1) is 6.92 Å². The average molecular weight is 470 g/mol. The van der Waals surface area contributed by atoms with Crippen LogP contribution in [-0.4, -0.2) is 41.6 Å². The summed E-state index contributed by atoms with van der Waals surface area (Å²) < 4.78 is 63.3. The Morgan fingerprint density at radius 1 is 1.06 bits per heavy atom. The van der Waals surface area contributed by atoms with Gasteiger partial charge in [-0.1, -0.05) is 6.07 Å². The molecule has 0 unspecified atom stereocenters. The second-order valence-electron chi connectivity index (χ2n) is 6.06. The first-order valence-corrected chi connectivity index (χ1v) is 9.69. The molecule has 1 aromatic carbocycles. The molecule has 7 nitrogen and oxygen atoms in total. The summed E-state index contributed by atoms with van der Waals surface area (Å²) in [7, 11) is 0. The number of benzene rings is 1. The molecule has 0 spiro atoms. The van der Waals surface area contributed by atoms with Gasteiger partial charge in [0.05, 0.1) is 17.0 Å². The molecule has 32 heavy (non-hydrogen) atoms. The van der Waals surface area contributed by atoms with E-state index >= 15 is 0 Å². The van der Waals surface area contributed by atoms with Crippen LogP contribution in [0.1, 0.15) is 25.7 Å². The highest BCUT2D eigenvalue weighted by molar-refractivity contribution is 7.17. The molecule has 3 aromatic rings. The van der Waals surface area contributed by atoms with Gasteiger partial charge in [0.15, 0.2) is 6.61 Å². The maximum atomic E-state index is 12.7. The van der Waals surface area contributed by atoms with Crippen molar-refractivity contribution in [2.24, 2.45) is 0 Å². The number of carbonyl (C=O) groups is 2. The number of nitrogens with zero attached hydrogens (tertiary/aromatic N) is 2. The summed E-state index contributed by atoms with van der Waals surface area (Å²) in [6.07, 6.45) is 1.57. The van der Waals surface area contributed by atoms with Crippen LogP contribution in [0.2, 0.25) is 0 Å². The van der Waals surface area contributed by atoms with E-state index in [1.54, 1.807) is 31.3 Å². The van der Waals surface area contributed by atoms with Crippen molar-refractivity contribution in [1.29, 1.82) is 0 Å². The SMILES string of the molecule is Cc1nc(-c2ccccn2)sc1C(=O)OCC(=O)c1ccc(OC(F)F)cc1OC(F)F. The maximum absolute atomic E-state index is 12.7. The summed E-state index contributed by atoms with van der Waals surface area (Å²) in [6.45, 7) is -5.74. The minimum atomic E-state index is -3.32. The third kappa shape index (κ3) is 5.78. The van der Waals surface area contributed by atoms with E-state index in [4.69, 9.17) is 4.74 Å². The smallest absolute Gasteiger partial charge is 0.387 e. The molecular weight excluding hydrogens is 456 g/mol. The Morgan fingerprint density at radius 3 is 2.47 bits per heavy atom. The zero-order valence-electron chi connectivity index (χ0n) is 16.3. The molecule has 3 rings (SSSR count). The van der Waals surface area contributed by atoms with Crippen LogP contribution in [-0.2, 0) is 4.74 Å². The fraction of sp³-hybridized carbons (Fsp3) is 0.200. The van der Waals surface area contributed by atoms with Crippen molar-refractivity contribution in [3.8, 4) is 22.2 Å². The van der Waals surface area contributed by atoms with Crippen LogP contribution in [0.5, 0.6) is 11.5 Å². The number of ketones is 1. The lowest BCUT2D eigenvalue weighted by Gasteiger charge is -2.12. The van der Waals surface area contributed by atoms with E-state index in [1.807, 2.05) is 0 Å². The van der Waals surface area contributed by atoms with E-state index in [0.29, 0.717) is 16.4 Å². The first-order valence-electron chi connectivity index (χ1n) is 8.87. The Morgan fingerprint density at radius 2 is 1.81 bits per heavy atom. The largest absolute Gasteiger partial charge is 0.453 e. The summed E-state index contributed by atoms with van der Waals surface area (Å²) in [5, 5.41) is 0.476. The molecule has 0 saturated carbocycles. The van der Waals surface area contributed by atoms with Crippen LogP contribution < -0.4 is 9.47 Å².